The van der Waals surface area contributed by atoms with Crippen LogP contribution in [0.25, 0.3) is 0 Å². The van der Waals surface area contributed by atoms with E-state index in [0.29, 0.717) is 41.0 Å². The second-order valence-electron chi connectivity index (χ2n) is 5.81. The summed E-state index contributed by atoms with van der Waals surface area (Å²) in [5.74, 6) is -0.557. The molecule has 0 saturated carbocycles. The maximum atomic E-state index is 12.0. The molecule has 8 heteroatoms. The molecule has 0 radical (unpaired) electrons. The lowest BCUT2D eigenvalue weighted by Crippen LogP contribution is -2.32. The van der Waals surface area contributed by atoms with E-state index in [1.165, 1.54) is 6.21 Å². The Kier molecular flexibility index (Phi) is 8.72. The number of nitrogens with one attached hydrogen (secondary N) is 2. The summed E-state index contributed by atoms with van der Waals surface area (Å²) in [6, 6.07) is 11.7. The number of hydrazone groups is 1. The topological polar surface area (TPSA) is 89.0 Å². The van der Waals surface area contributed by atoms with E-state index < -0.39 is 11.8 Å². The van der Waals surface area contributed by atoms with Gasteiger partial charge in [0.2, 0.25) is 0 Å². The van der Waals surface area contributed by atoms with Crippen molar-refractivity contribution in [2.45, 2.75) is 13.3 Å². The van der Waals surface area contributed by atoms with E-state index in [4.69, 9.17) is 21.1 Å². The second-order valence-corrected chi connectivity index (χ2v) is 6.24. The van der Waals surface area contributed by atoms with Crippen molar-refractivity contribution in [1.29, 1.82) is 0 Å². The van der Waals surface area contributed by atoms with Gasteiger partial charge in [0.05, 0.1) is 12.8 Å². The lowest BCUT2D eigenvalue weighted by molar-refractivity contribution is -0.136. The van der Waals surface area contributed by atoms with Gasteiger partial charge in [0.1, 0.15) is 18.1 Å². The van der Waals surface area contributed by atoms with Gasteiger partial charge in [-0.2, -0.15) is 5.10 Å². The van der Waals surface area contributed by atoms with Crippen LogP contribution in [0.4, 0.5) is 5.69 Å². The summed E-state index contributed by atoms with van der Waals surface area (Å²) >= 11 is 5.97. The molecule has 0 aliphatic carbocycles. The summed E-state index contributed by atoms with van der Waals surface area (Å²) in [4.78, 5) is 23.9. The number of anilines is 1. The summed E-state index contributed by atoms with van der Waals surface area (Å²) in [5, 5.41) is 6.76. The summed E-state index contributed by atoms with van der Waals surface area (Å²) in [6.07, 6.45) is 3.84. The number of nitrogens with zero attached hydrogens (tertiary/aromatic N) is 1. The minimum Gasteiger partial charge on any atom is -0.494 e. The third kappa shape index (κ3) is 7.31. The lowest BCUT2D eigenvalue weighted by Gasteiger charge is -2.08. The summed E-state index contributed by atoms with van der Waals surface area (Å²) in [6.45, 7) is 6.51. The molecule has 0 aliphatic heterocycles. The first kappa shape index (κ1) is 22.0. The third-order valence-electron chi connectivity index (χ3n) is 3.49. The first-order valence-electron chi connectivity index (χ1n) is 8.94. The third-order valence-corrected chi connectivity index (χ3v) is 3.72. The monoisotopic (exact) mass is 415 g/mol. The van der Waals surface area contributed by atoms with Crippen molar-refractivity contribution in [1.82, 2.24) is 5.43 Å². The van der Waals surface area contributed by atoms with E-state index in [1.807, 2.05) is 6.92 Å². The van der Waals surface area contributed by atoms with Crippen LogP contribution in [0, 0.1) is 0 Å². The SMILES string of the molecule is C=CCOc1ccc(Cl)cc1/C=N\NC(=O)C(=O)Nc1ccc(OCCC)cc1. The number of carbonyl (C=O) groups excluding carboxylic acids is 2. The lowest BCUT2D eigenvalue weighted by atomic mass is 10.2. The molecule has 0 bridgehead atoms. The molecule has 2 amide bonds. The number of hydrogen-bond acceptors (Lipinski definition) is 5. The zero-order valence-corrected chi connectivity index (χ0v) is 16.7. The molecule has 2 aromatic carbocycles. The molecule has 0 aromatic heterocycles. The molecular formula is C21H22ClN3O4. The molecule has 0 fully saturated rings. The minimum absolute atomic E-state index is 0.305. The number of hydrogen-bond donors (Lipinski definition) is 2. The molecule has 0 unspecified atom stereocenters. The van der Waals surface area contributed by atoms with Crippen LogP contribution >= 0.6 is 11.6 Å². The van der Waals surface area contributed by atoms with E-state index in [0.717, 1.165) is 6.42 Å². The zero-order valence-electron chi connectivity index (χ0n) is 16.0. The van der Waals surface area contributed by atoms with Crippen molar-refractivity contribution >= 4 is 35.3 Å². The second kappa shape index (κ2) is 11.5. The van der Waals surface area contributed by atoms with Crippen LogP contribution in [0.3, 0.4) is 0 Å². The number of ether oxygens (including phenoxy) is 2. The Bertz CT molecular complexity index is 882. The van der Waals surface area contributed by atoms with Crippen LogP contribution in [0.15, 0.2) is 60.2 Å². The molecule has 0 heterocycles. The van der Waals surface area contributed by atoms with Crippen molar-refractivity contribution in [2.24, 2.45) is 5.10 Å². The highest BCUT2D eigenvalue weighted by Crippen LogP contribution is 2.21. The number of amides is 2. The van der Waals surface area contributed by atoms with E-state index in [-0.39, 0.29) is 0 Å². The van der Waals surface area contributed by atoms with Crippen LogP contribution < -0.4 is 20.2 Å². The summed E-state index contributed by atoms with van der Waals surface area (Å²) in [7, 11) is 0. The minimum atomic E-state index is -0.914. The molecule has 2 N–H and O–H groups in total. The fourth-order valence-corrected chi connectivity index (χ4v) is 2.33. The number of rotatable bonds is 9. The predicted octanol–water partition coefficient (Wildman–Crippen LogP) is 3.78. The number of halogens is 1. The van der Waals surface area contributed by atoms with Gasteiger partial charge in [0.15, 0.2) is 0 Å². The van der Waals surface area contributed by atoms with Crippen LogP contribution in [0.2, 0.25) is 5.02 Å². The highest BCUT2D eigenvalue weighted by Gasteiger charge is 2.13. The molecule has 29 heavy (non-hydrogen) atoms. The van der Waals surface area contributed by atoms with Gasteiger partial charge in [-0.1, -0.05) is 31.2 Å². The van der Waals surface area contributed by atoms with Crippen LogP contribution in [-0.2, 0) is 9.59 Å². The molecule has 2 rings (SSSR count). The molecule has 0 spiro atoms. The van der Waals surface area contributed by atoms with Crippen molar-refractivity contribution < 1.29 is 19.1 Å². The number of benzene rings is 2. The molecule has 0 saturated heterocycles. The van der Waals surface area contributed by atoms with Gasteiger partial charge in [-0.3, -0.25) is 9.59 Å². The molecule has 2 aromatic rings. The Hall–Kier alpha value is -3.32. The summed E-state index contributed by atoms with van der Waals surface area (Å²) in [5.41, 5.74) is 3.18. The predicted molar refractivity (Wildman–Crippen MR) is 114 cm³/mol. The van der Waals surface area contributed by atoms with Gasteiger partial charge in [-0.05, 0) is 48.9 Å². The Morgan fingerprint density at radius 3 is 2.59 bits per heavy atom. The highest BCUT2D eigenvalue weighted by atomic mass is 35.5. The molecule has 0 atom stereocenters. The first-order chi connectivity index (χ1) is 14.0. The van der Waals surface area contributed by atoms with Crippen molar-refractivity contribution in [3.05, 3.63) is 65.7 Å². The van der Waals surface area contributed by atoms with Crippen LogP contribution in [0.5, 0.6) is 11.5 Å². The van der Waals surface area contributed by atoms with Gasteiger partial charge in [0, 0.05) is 16.3 Å². The highest BCUT2D eigenvalue weighted by molar-refractivity contribution is 6.39. The molecule has 0 aliphatic rings. The fourth-order valence-electron chi connectivity index (χ4n) is 2.15. The zero-order chi connectivity index (χ0) is 21.1. The standard InChI is InChI=1S/C21H22ClN3O4/c1-3-11-28-18-8-6-17(7-9-18)24-20(26)21(27)25-23-14-15-13-16(22)5-10-19(15)29-12-4-2/h4-10,13-14H,2-3,11-12H2,1H3,(H,24,26)(H,25,27)/b23-14-. The van der Waals surface area contributed by atoms with Crippen molar-refractivity contribution in [2.75, 3.05) is 18.5 Å². The Balaban J connectivity index is 1.92. The maximum absolute atomic E-state index is 12.0. The average molecular weight is 416 g/mol. The molecular weight excluding hydrogens is 394 g/mol. The van der Waals surface area contributed by atoms with E-state index >= 15 is 0 Å². The Labute approximate surface area is 174 Å². The van der Waals surface area contributed by atoms with Crippen molar-refractivity contribution in [3.63, 3.8) is 0 Å². The van der Waals surface area contributed by atoms with E-state index in [2.05, 4.69) is 22.4 Å². The summed E-state index contributed by atoms with van der Waals surface area (Å²) < 4.78 is 11.0. The van der Waals surface area contributed by atoms with Gasteiger partial charge >= 0.3 is 11.8 Å². The van der Waals surface area contributed by atoms with E-state index in [9.17, 15) is 9.59 Å². The smallest absolute Gasteiger partial charge is 0.329 e. The van der Waals surface area contributed by atoms with Crippen molar-refractivity contribution in [3.8, 4) is 11.5 Å². The fraction of sp³-hybridized carbons (Fsp3) is 0.190. The Morgan fingerprint density at radius 1 is 1.14 bits per heavy atom. The Morgan fingerprint density at radius 2 is 1.90 bits per heavy atom. The normalized spacial score (nSPS) is 10.4. The average Bonchev–Trinajstić information content (AvgIpc) is 2.72. The van der Waals surface area contributed by atoms with Gasteiger partial charge in [0.25, 0.3) is 0 Å². The quantitative estimate of drug-likeness (QED) is 0.282. The van der Waals surface area contributed by atoms with E-state index in [1.54, 1.807) is 48.5 Å². The number of carbonyl (C=O) groups is 2. The van der Waals surface area contributed by atoms with Gasteiger partial charge in [-0.25, -0.2) is 5.43 Å². The maximum Gasteiger partial charge on any atom is 0.329 e. The van der Waals surface area contributed by atoms with Gasteiger partial charge in [-0.15, -0.1) is 0 Å². The van der Waals surface area contributed by atoms with Crippen LogP contribution in [-0.4, -0.2) is 31.2 Å². The van der Waals surface area contributed by atoms with Crippen LogP contribution in [0.1, 0.15) is 18.9 Å². The van der Waals surface area contributed by atoms with Gasteiger partial charge < -0.3 is 14.8 Å². The first-order valence-corrected chi connectivity index (χ1v) is 9.31. The molecule has 7 nitrogen and oxygen atoms in total. The molecule has 152 valence electrons. The largest absolute Gasteiger partial charge is 0.494 e.